The molecule has 0 aliphatic carbocycles. The second kappa shape index (κ2) is 5.27. The van der Waals surface area contributed by atoms with E-state index in [1.54, 1.807) is 24.3 Å². The fraction of sp³-hybridized carbons (Fsp3) is 0.0769. The highest BCUT2D eigenvalue weighted by molar-refractivity contribution is 7.84. The van der Waals surface area contributed by atoms with Crippen molar-refractivity contribution in [3.05, 3.63) is 59.7 Å². The van der Waals surface area contributed by atoms with Gasteiger partial charge in [0.05, 0.1) is 16.6 Å². The molecule has 2 N–H and O–H groups in total. The smallest absolute Gasteiger partial charge is 0.127 e. The summed E-state index contributed by atoms with van der Waals surface area (Å²) in [4.78, 5) is 0.499. The fourth-order valence-electron chi connectivity index (χ4n) is 1.53. The predicted octanol–water partition coefficient (Wildman–Crippen LogP) is 2.85. The molecule has 2 rings (SSSR count). The van der Waals surface area contributed by atoms with E-state index in [-0.39, 0.29) is 11.3 Å². The molecule has 18 heavy (non-hydrogen) atoms. The number of hydrogen-bond acceptors (Lipinski definition) is 2. The monoisotopic (exact) mass is 267 g/mol. The van der Waals surface area contributed by atoms with Crippen molar-refractivity contribution in [1.82, 2.24) is 0 Å². The average molecular weight is 267 g/mol. The van der Waals surface area contributed by atoms with Crippen molar-refractivity contribution >= 4 is 16.5 Å². The predicted molar refractivity (Wildman–Crippen MR) is 67.3 cm³/mol. The first-order chi connectivity index (χ1) is 8.56. The van der Waals surface area contributed by atoms with E-state index < -0.39 is 22.4 Å². The minimum absolute atomic E-state index is 0.0763. The van der Waals surface area contributed by atoms with Crippen LogP contribution in [0.2, 0.25) is 0 Å². The molecule has 2 nitrogen and oxygen atoms in total. The lowest BCUT2D eigenvalue weighted by Crippen LogP contribution is -2.00. The summed E-state index contributed by atoms with van der Waals surface area (Å²) in [5.74, 6) is -1.18. The molecule has 0 bridgehead atoms. The van der Waals surface area contributed by atoms with Crippen LogP contribution >= 0.6 is 0 Å². The zero-order chi connectivity index (χ0) is 13.1. The number of rotatable bonds is 3. The van der Waals surface area contributed by atoms with Gasteiger partial charge in [0.25, 0.3) is 0 Å². The van der Waals surface area contributed by atoms with E-state index in [2.05, 4.69) is 0 Å². The van der Waals surface area contributed by atoms with Gasteiger partial charge in [-0.3, -0.25) is 4.21 Å². The van der Waals surface area contributed by atoms with Crippen molar-refractivity contribution in [1.29, 1.82) is 0 Å². The van der Waals surface area contributed by atoms with Crippen LogP contribution in [0.5, 0.6) is 0 Å². The molecule has 0 amide bonds. The van der Waals surface area contributed by atoms with Gasteiger partial charge in [-0.15, -0.1) is 0 Å². The number of nitrogen functional groups attached to an aromatic ring is 1. The fourth-order valence-corrected chi connectivity index (χ4v) is 2.70. The van der Waals surface area contributed by atoms with E-state index in [1.807, 2.05) is 0 Å². The molecule has 94 valence electrons. The summed E-state index contributed by atoms with van der Waals surface area (Å²) < 4.78 is 38.4. The Hall–Kier alpha value is -1.75. The maximum absolute atomic E-state index is 13.4. The highest BCUT2D eigenvalue weighted by Gasteiger charge is 2.10. The second-order valence-corrected chi connectivity index (χ2v) is 5.25. The van der Waals surface area contributed by atoms with Crippen molar-refractivity contribution in [2.45, 2.75) is 10.6 Å². The SMILES string of the molecule is Nc1cccc(S(=O)Cc2cc(F)ccc2F)c1. The molecule has 0 saturated carbocycles. The maximum atomic E-state index is 13.4. The van der Waals surface area contributed by atoms with Gasteiger partial charge in [-0.2, -0.15) is 0 Å². The molecule has 1 unspecified atom stereocenters. The van der Waals surface area contributed by atoms with E-state index in [0.29, 0.717) is 10.6 Å². The highest BCUT2D eigenvalue weighted by atomic mass is 32.2. The Balaban J connectivity index is 2.24. The average Bonchev–Trinajstić information content (AvgIpc) is 2.34. The Morgan fingerprint density at radius 3 is 2.61 bits per heavy atom. The van der Waals surface area contributed by atoms with Crippen LogP contribution in [0.15, 0.2) is 47.4 Å². The van der Waals surface area contributed by atoms with E-state index in [1.165, 1.54) is 0 Å². The van der Waals surface area contributed by atoms with Gasteiger partial charge < -0.3 is 5.73 Å². The van der Waals surface area contributed by atoms with Gasteiger partial charge in [0, 0.05) is 16.1 Å². The lowest BCUT2D eigenvalue weighted by Gasteiger charge is -2.05. The van der Waals surface area contributed by atoms with Gasteiger partial charge in [0.1, 0.15) is 11.6 Å². The number of benzene rings is 2. The van der Waals surface area contributed by atoms with Crippen LogP contribution in [-0.4, -0.2) is 4.21 Å². The Bertz CT molecular complexity index is 601. The van der Waals surface area contributed by atoms with E-state index >= 15 is 0 Å². The number of anilines is 1. The minimum Gasteiger partial charge on any atom is -0.399 e. The van der Waals surface area contributed by atoms with Crippen LogP contribution in [0, 0.1) is 11.6 Å². The molecule has 0 aliphatic heterocycles. The van der Waals surface area contributed by atoms with Gasteiger partial charge in [-0.1, -0.05) is 6.07 Å². The first kappa shape index (κ1) is 12.7. The van der Waals surface area contributed by atoms with E-state index in [4.69, 9.17) is 5.73 Å². The lowest BCUT2D eigenvalue weighted by atomic mass is 10.2. The third-order valence-corrected chi connectivity index (χ3v) is 3.77. The van der Waals surface area contributed by atoms with Crippen molar-refractivity contribution in [2.24, 2.45) is 0 Å². The Morgan fingerprint density at radius 1 is 1.11 bits per heavy atom. The summed E-state index contributed by atoms with van der Waals surface area (Å²) in [6, 6.07) is 9.66. The van der Waals surface area contributed by atoms with Crippen LogP contribution in [0.3, 0.4) is 0 Å². The Morgan fingerprint density at radius 2 is 1.89 bits per heavy atom. The van der Waals surface area contributed by atoms with Gasteiger partial charge >= 0.3 is 0 Å². The summed E-state index contributed by atoms with van der Waals surface area (Å²) in [6.45, 7) is 0. The van der Waals surface area contributed by atoms with Crippen molar-refractivity contribution in [3.8, 4) is 0 Å². The summed E-state index contributed by atoms with van der Waals surface area (Å²) in [5.41, 5.74) is 6.16. The molecular formula is C13H11F2NOS. The molecule has 2 aromatic carbocycles. The maximum Gasteiger partial charge on any atom is 0.127 e. The summed E-state index contributed by atoms with van der Waals surface area (Å²) in [5, 5.41) is 0. The van der Waals surface area contributed by atoms with Crippen LogP contribution in [-0.2, 0) is 16.6 Å². The summed E-state index contributed by atoms with van der Waals surface area (Å²) in [6.07, 6.45) is 0. The highest BCUT2D eigenvalue weighted by Crippen LogP contribution is 2.17. The van der Waals surface area contributed by atoms with Crippen LogP contribution in [0.4, 0.5) is 14.5 Å². The first-order valence-electron chi connectivity index (χ1n) is 5.24. The lowest BCUT2D eigenvalue weighted by molar-refractivity contribution is 0.590. The summed E-state index contributed by atoms with van der Waals surface area (Å²) in [7, 11) is -1.45. The molecule has 2 aromatic rings. The number of hydrogen-bond donors (Lipinski definition) is 1. The number of nitrogens with two attached hydrogens (primary N) is 1. The van der Waals surface area contributed by atoms with E-state index in [9.17, 15) is 13.0 Å². The molecule has 0 spiro atoms. The molecular weight excluding hydrogens is 256 g/mol. The van der Waals surface area contributed by atoms with Gasteiger partial charge in [0.2, 0.25) is 0 Å². The molecule has 1 atom stereocenters. The molecule has 0 aromatic heterocycles. The van der Waals surface area contributed by atoms with Crippen molar-refractivity contribution in [2.75, 3.05) is 5.73 Å². The largest absolute Gasteiger partial charge is 0.399 e. The van der Waals surface area contributed by atoms with Gasteiger partial charge in [0.15, 0.2) is 0 Å². The molecule has 5 heteroatoms. The molecule has 0 saturated heterocycles. The Labute approximate surface area is 106 Å². The zero-order valence-corrected chi connectivity index (χ0v) is 10.2. The van der Waals surface area contributed by atoms with E-state index in [0.717, 1.165) is 18.2 Å². The van der Waals surface area contributed by atoms with Crippen molar-refractivity contribution < 1.29 is 13.0 Å². The third kappa shape index (κ3) is 2.92. The van der Waals surface area contributed by atoms with Crippen LogP contribution in [0.25, 0.3) is 0 Å². The molecule has 0 fully saturated rings. The standard InChI is InChI=1S/C13H11F2NOS/c14-10-4-5-13(15)9(6-10)8-18(17)12-3-1-2-11(16)7-12/h1-7H,8,16H2. The second-order valence-electron chi connectivity index (χ2n) is 3.80. The molecule has 0 radical (unpaired) electrons. The molecule has 0 aliphatic rings. The zero-order valence-electron chi connectivity index (χ0n) is 9.40. The van der Waals surface area contributed by atoms with Gasteiger partial charge in [-0.05, 0) is 36.4 Å². The minimum atomic E-state index is -1.45. The Kier molecular flexibility index (Phi) is 3.72. The van der Waals surface area contributed by atoms with Crippen LogP contribution < -0.4 is 5.73 Å². The summed E-state index contributed by atoms with van der Waals surface area (Å²) >= 11 is 0. The third-order valence-electron chi connectivity index (χ3n) is 2.42. The first-order valence-corrected chi connectivity index (χ1v) is 6.56. The molecule has 0 heterocycles. The topological polar surface area (TPSA) is 43.1 Å². The normalized spacial score (nSPS) is 12.3. The van der Waals surface area contributed by atoms with Crippen LogP contribution in [0.1, 0.15) is 5.56 Å². The van der Waals surface area contributed by atoms with Crippen molar-refractivity contribution in [3.63, 3.8) is 0 Å². The quantitative estimate of drug-likeness (QED) is 0.869. The number of halogens is 2. The van der Waals surface area contributed by atoms with Gasteiger partial charge in [-0.25, -0.2) is 8.78 Å².